The van der Waals surface area contributed by atoms with Crippen LogP contribution in [0.25, 0.3) is 0 Å². The minimum absolute atomic E-state index is 0.00369. The van der Waals surface area contributed by atoms with Crippen LogP contribution in [0.4, 0.5) is 10.6 Å². The van der Waals surface area contributed by atoms with E-state index in [9.17, 15) is 9.59 Å². The number of rotatable bonds is 6. The fraction of sp³-hybridized carbons (Fsp3) is 0.600. The Morgan fingerprint density at radius 3 is 2.84 bits per heavy atom. The SMILES string of the molecule is COC(=O)Nc1cnn(CC(=O)NCCN(C)C)n1. The molecule has 0 aliphatic rings. The van der Waals surface area contributed by atoms with Crippen molar-refractivity contribution in [3.05, 3.63) is 6.20 Å². The molecule has 19 heavy (non-hydrogen) atoms. The van der Waals surface area contributed by atoms with E-state index in [0.29, 0.717) is 6.54 Å². The second-order valence-corrected chi connectivity index (χ2v) is 4.03. The lowest BCUT2D eigenvalue weighted by Gasteiger charge is -2.09. The van der Waals surface area contributed by atoms with Crippen LogP contribution >= 0.6 is 0 Å². The third kappa shape index (κ3) is 5.82. The second kappa shape index (κ2) is 7.31. The van der Waals surface area contributed by atoms with Crippen molar-refractivity contribution in [1.29, 1.82) is 0 Å². The van der Waals surface area contributed by atoms with Crippen LogP contribution in [0.5, 0.6) is 0 Å². The Morgan fingerprint density at radius 2 is 2.21 bits per heavy atom. The number of ether oxygens (including phenoxy) is 1. The van der Waals surface area contributed by atoms with Gasteiger partial charge in [-0.3, -0.25) is 10.1 Å². The Labute approximate surface area is 110 Å². The van der Waals surface area contributed by atoms with Crippen LogP contribution in [0.1, 0.15) is 0 Å². The highest BCUT2D eigenvalue weighted by Gasteiger charge is 2.08. The first-order chi connectivity index (χ1) is 9.01. The highest BCUT2D eigenvalue weighted by atomic mass is 16.5. The standard InChI is InChI=1S/C10H18N6O3/c1-15(2)5-4-11-9(17)7-16-12-6-8(14-16)13-10(18)19-3/h6H,4-5,7H2,1-3H3,(H,11,17)(H,13,14,18). The van der Waals surface area contributed by atoms with Crippen LogP contribution < -0.4 is 10.6 Å². The zero-order valence-electron chi connectivity index (χ0n) is 11.2. The van der Waals surface area contributed by atoms with Crippen molar-refractivity contribution in [2.45, 2.75) is 6.54 Å². The third-order valence-electron chi connectivity index (χ3n) is 2.12. The zero-order chi connectivity index (χ0) is 14.3. The Hall–Kier alpha value is -2.16. The zero-order valence-corrected chi connectivity index (χ0v) is 11.2. The molecule has 0 unspecified atom stereocenters. The van der Waals surface area contributed by atoms with Gasteiger partial charge >= 0.3 is 6.09 Å². The number of aromatic nitrogens is 3. The summed E-state index contributed by atoms with van der Waals surface area (Å²) in [4.78, 5) is 25.6. The molecule has 0 saturated heterocycles. The van der Waals surface area contributed by atoms with Gasteiger partial charge in [-0.05, 0) is 14.1 Å². The van der Waals surface area contributed by atoms with Crippen molar-refractivity contribution < 1.29 is 14.3 Å². The average Bonchev–Trinajstić information content (AvgIpc) is 2.75. The number of anilines is 1. The summed E-state index contributed by atoms with van der Waals surface area (Å²) >= 11 is 0. The minimum atomic E-state index is -0.637. The van der Waals surface area contributed by atoms with Crippen molar-refractivity contribution >= 4 is 17.8 Å². The molecule has 1 rings (SSSR count). The Bertz CT molecular complexity index is 431. The molecule has 1 aromatic heterocycles. The molecule has 0 fully saturated rings. The molecule has 2 amide bonds. The maximum absolute atomic E-state index is 11.5. The molecule has 0 aromatic carbocycles. The lowest BCUT2D eigenvalue weighted by atomic mass is 10.5. The summed E-state index contributed by atoms with van der Waals surface area (Å²) in [6.45, 7) is 1.31. The maximum Gasteiger partial charge on any atom is 0.412 e. The molecule has 1 aromatic rings. The van der Waals surface area contributed by atoms with Crippen molar-refractivity contribution in [2.24, 2.45) is 0 Å². The van der Waals surface area contributed by atoms with Crippen molar-refractivity contribution in [2.75, 3.05) is 39.6 Å². The lowest BCUT2D eigenvalue weighted by molar-refractivity contribution is -0.122. The molecule has 0 saturated carbocycles. The molecule has 0 atom stereocenters. The van der Waals surface area contributed by atoms with E-state index in [-0.39, 0.29) is 18.3 Å². The summed E-state index contributed by atoms with van der Waals surface area (Å²) in [6, 6.07) is 0. The van der Waals surface area contributed by atoms with E-state index in [0.717, 1.165) is 6.54 Å². The Balaban J connectivity index is 2.36. The number of amides is 2. The number of hydrogen-bond acceptors (Lipinski definition) is 6. The van der Waals surface area contributed by atoms with Crippen LogP contribution in [0.3, 0.4) is 0 Å². The van der Waals surface area contributed by atoms with Gasteiger partial charge in [-0.15, -0.1) is 5.10 Å². The van der Waals surface area contributed by atoms with E-state index < -0.39 is 6.09 Å². The summed E-state index contributed by atoms with van der Waals surface area (Å²) in [6.07, 6.45) is 0.701. The average molecular weight is 270 g/mol. The molecule has 0 radical (unpaired) electrons. The molecule has 2 N–H and O–H groups in total. The van der Waals surface area contributed by atoms with Crippen LogP contribution in [0.2, 0.25) is 0 Å². The number of methoxy groups -OCH3 is 1. The van der Waals surface area contributed by atoms with Gasteiger partial charge in [-0.1, -0.05) is 0 Å². The maximum atomic E-state index is 11.5. The molecule has 106 valence electrons. The van der Waals surface area contributed by atoms with E-state index in [1.54, 1.807) is 0 Å². The number of likely N-dealkylation sites (N-methyl/N-ethyl adjacent to an activating group) is 1. The van der Waals surface area contributed by atoms with Crippen molar-refractivity contribution in [1.82, 2.24) is 25.2 Å². The third-order valence-corrected chi connectivity index (χ3v) is 2.12. The number of nitrogens with zero attached hydrogens (tertiary/aromatic N) is 4. The number of nitrogens with one attached hydrogen (secondary N) is 2. The van der Waals surface area contributed by atoms with Crippen molar-refractivity contribution in [3.8, 4) is 0 Å². The quantitative estimate of drug-likeness (QED) is 0.697. The molecule has 0 spiro atoms. The van der Waals surface area contributed by atoms with Crippen molar-refractivity contribution in [3.63, 3.8) is 0 Å². The molecule has 9 heteroatoms. The Morgan fingerprint density at radius 1 is 1.47 bits per heavy atom. The molecule has 0 aliphatic carbocycles. The first kappa shape index (κ1) is 14.9. The number of carbonyl (C=O) groups excluding carboxylic acids is 2. The van der Waals surface area contributed by atoms with Gasteiger partial charge in [0, 0.05) is 13.1 Å². The molecule has 0 aliphatic heterocycles. The summed E-state index contributed by atoms with van der Waals surface area (Å²) in [5, 5.41) is 12.8. The van der Waals surface area contributed by atoms with E-state index in [1.807, 2.05) is 19.0 Å². The largest absolute Gasteiger partial charge is 0.453 e. The normalized spacial score (nSPS) is 10.3. The number of carbonyl (C=O) groups is 2. The summed E-state index contributed by atoms with van der Waals surface area (Å²) < 4.78 is 4.41. The van der Waals surface area contributed by atoms with Gasteiger partial charge in [0.2, 0.25) is 5.91 Å². The van der Waals surface area contributed by atoms with E-state index >= 15 is 0 Å². The fourth-order valence-electron chi connectivity index (χ4n) is 1.19. The van der Waals surface area contributed by atoms with Gasteiger partial charge in [0.15, 0.2) is 5.82 Å². The predicted molar refractivity (Wildman–Crippen MR) is 67.6 cm³/mol. The highest BCUT2D eigenvalue weighted by Crippen LogP contribution is 1.99. The highest BCUT2D eigenvalue weighted by molar-refractivity contribution is 5.82. The van der Waals surface area contributed by atoms with E-state index in [2.05, 4.69) is 25.6 Å². The van der Waals surface area contributed by atoms with Gasteiger partial charge in [0.05, 0.1) is 13.3 Å². The van der Waals surface area contributed by atoms with Crippen LogP contribution in [-0.4, -0.2) is 66.2 Å². The van der Waals surface area contributed by atoms with E-state index in [1.165, 1.54) is 18.1 Å². The first-order valence-electron chi connectivity index (χ1n) is 5.68. The van der Waals surface area contributed by atoms with Gasteiger partial charge in [0.25, 0.3) is 0 Å². The van der Waals surface area contributed by atoms with E-state index in [4.69, 9.17) is 0 Å². The summed E-state index contributed by atoms with van der Waals surface area (Å²) in [5.41, 5.74) is 0. The summed E-state index contributed by atoms with van der Waals surface area (Å²) in [5.74, 6) is 0.0370. The van der Waals surface area contributed by atoms with Gasteiger partial charge in [-0.25, -0.2) is 4.79 Å². The van der Waals surface area contributed by atoms with Crippen LogP contribution in [0, 0.1) is 0 Å². The smallest absolute Gasteiger partial charge is 0.412 e. The lowest BCUT2D eigenvalue weighted by Crippen LogP contribution is -2.34. The molecular formula is C10H18N6O3. The molecule has 1 heterocycles. The van der Waals surface area contributed by atoms with Crippen LogP contribution in [0.15, 0.2) is 6.20 Å². The summed E-state index contributed by atoms with van der Waals surface area (Å²) in [7, 11) is 5.09. The van der Waals surface area contributed by atoms with Gasteiger partial charge in [-0.2, -0.15) is 9.90 Å². The predicted octanol–water partition coefficient (Wildman–Crippen LogP) is -0.866. The molecule has 9 nitrogen and oxygen atoms in total. The Kier molecular flexibility index (Phi) is 5.73. The van der Waals surface area contributed by atoms with Crippen LogP contribution in [-0.2, 0) is 16.1 Å². The monoisotopic (exact) mass is 270 g/mol. The number of hydrogen-bond donors (Lipinski definition) is 2. The van der Waals surface area contributed by atoms with Gasteiger partial charge < -0.3 is 15.0 Å². The molecule has 0 bridgehead atoms. The second-order valence-electron chi connectivity index (χ2n) is 4.03. The molecular weight excluding hydrogens is 252 g/mol. The first-order valence-corrected chi connectivity index (χ1v) is 5.68. The fourth-order valence-corrected chi connectivity index (χ4v) is 1.19. The minimum Gasteiger partial charge on any atom is -0.453 e. The van der Waals surface area contributed by atoms with Gasteiger partial charge in [0.1, 0.15) is 6.54 Å². The topological polar surface area (TPSA) is 101 Å².